The first-order chi connectivity index (χ1) is 10.8. The van der Waals surface area contributed by atoms with Crippen LogP contribution in [0.25, 0.3) is 0 Å². The summed E-state index contributed by atoms with van der Waals surface area (Å²) in [5, 5.41) is 2.57. The van der Waals surface area contributed by atoms with Gasteiger partial charge >= 0.3 is 0 Å². The maximum absolute atomic E-state index is 11.6. The van der Waals surface area contributed by atoms with E-state index >= 15 is 0 Å². The molecule has 5 heteroatoms. The molecule has 1 amide bonds. The van der Waals surface area contributed by atoms with E-state index in [1.807, 2.05) is 54.6 Å². The van der Waals surface area contributed by atoms with Gasteiger partial charge in [-0.1, -0.05) is 24.3 Å². The topological polar surface area (TPSA) is 59.9 Å². The van der Waals surface area contributed by atoms with Gasteiger partial charge in [0.05, 0.1) is 0 Å². The summed E-state index contributed by atoms with van der Waals surface area (Å²) in [5.41, 5.74) is 0.792. The number of nitrogens with one attached hydrogen (secondary N) is 1. The summed E-state index contributed by atoms with van der Waals surface area (Å²) in [4.78, 5) is 15.9. The van der Waals surface area contributed by atoms with E-state index in [4.69, 9.17) is 9.47 Å². The van der Waals surface area contributed by atoms with E-state index in [0.29, 0.717) is 11.6 Å². The Morgan fingerprint density at radius 1 is 1.18 bits per heavy atom. The van der Waals surface area contributed by atoms with Crippen molar-refractivity contribution in [3.05, 3.63) is 60.2 Å². The van der Waals surface area contributed by atoms with Crippen molar-refractivity contribution in [1.82, 2.24) is 5.32 Å². The standard InChI is InChI=1S/C17H16N2O3/c1-18-16(20)15-11-21-17(19-15)12-6-5-9-14(10-12)22-13-7-3-2-4-8-13/h2-10,15H,11H2,1H3,(H,18,20)/t15-/m1/s1. The Morgan fingerprint density at radius 2 is 1.95 bits per heavy atom. The van der Waals surface area contributed by atoms with Gasteiger partial charge in [0.2, 0.25) is 11.8 Å². The Kier molecular flexibility index (Phi) is 4.05. The second kappa shape index (κ2) is 6.30. The monoisotopic (exact) mass is 296 g/mol. The van der Waals surface area contributed by atoms with Crippen LogP contribution in [0, 0.1) is 0 Å². The van der Waals surface area contributed by atoms with Crippen LogP contribution in [0.1, 0.15) is 5.56 Å². The van der Waals surface area contributed by atoms with Crippen LogP contribution in [0.3, 0.4) is 0 Å². The first-order valence-corrected chi connectivity index (χ1v) is 7.02. The number of aliphatic imine (C=N–C) groups is 1. The largest absolute Gasteiger partial charge is 0.475 e. The lowest BCUT2D eigenvalue weighted by molar-refractivity contribution is -0.122. The SMILES string of the molecule is CNC(=O)[C@H]1COC(c2cccc(Oc3ccccc3)c2)=N1. The first-order valence-electron chi connectivity index (χ1n) is 7.02. The summed E-state index contributed by atoms with van der Waals surface area (Å²) >= 11 is 0. The molecule has 3 rings (SSSR count). The van der Waals surface area contributed by atoms with E-state index in [1.54, 1.807) is 7.05 Å². The van der Waals surface area contributed by atoms with Crippen molar-refractivity contribution in [2.45, 2.75) is 6.04 Å². The third-order valence-electron chi connectivity index (χ3n) is 3.26. The predicted octanol–water partition coefficient (Wildman–Crippen LogP) is 2.37. The maximum Gasteiger partial charge on any atom is 0.248 e. The van der Waals surface area contributed by atoms with Gasteiger partial charge in [0.25, 0.3) is 0 Å². The first kappa shape index (κ1) is 14.1. The molecule has 2 aromatic carbocycles. The molecule has 0 radical (unpaired) electrons. The van der Waals surface area contributed by atoms with Crippen LogP contribution >= 0.6 is 0 Å². The van der Waals surface area contributed by atoms with Crippen LogP contribution in [0.5, 0.6) is 11.5 Å². The van der Waals surface area contributed by atoms with Crippen molar-refractivity contribution in [3.8, 4) is 11.5 Å². The number of nitrogens with zero attached hydrogens (tertiary/aromatic N) is 1. The van der Waals surface area contributed by atoms with Gasteiger partial charge in [-0.25, -0.2) is 4.99 Å². The Hall–Kier alpha value is -2.82. The number of amides is 1. The van der Waals surface area contributed by atoms with E-state index < -0.39 is 6.04 Å². The van der Waals surface area contributed by atoms with Crippen LogP contribution < -0.4 is 10.1 Å². The van der Waals surface area contributed by atoms with Crippen molar-refractivity contribution in [3.63, 3.8) is 0 Å². The van der Waals surface area contributed by atoms with Crippen LogP contribution in [-0.2, 0) is 9.53 Å². The molecule has 0 bridgehead atoms. The molecule has 2 aromatic rings. The Balaban J connectivity index is 1.79. The maximum atomic E-state index is 11.6. The minimum Gasteiger partial charge on any atom is -0.475 e. The number of hydrogen-bond acceptors (Lipinski definition) is 4. The normalized spacial score (nSPS) is 16.6. The molecule has 1 atom stereocenters. The van der Waals surface area contributed by atoms with Gasteiger partial charge in [-0.3, -0.25) is 4.79 Å². The van der Waals surface area contributed by atoms with E-state index in [9.17, 15) is 4.79 Å². The molecule has 0 saturated heterocycles. The molecular formula is C17H16N2O3. The van der Waals surface area contributed by atoms with Gasteiger partial charge in [-0.05, 0) is 30.3 Å². The number of para-hydroxylation sites is 1. The van der Waals surface area contributed by atoms with Gasteiger partial charge in [0.1, 0.15) is 18.1 Å². The van der Waals surface area contributed by atoms with Gasteiger partial charge in [-0.2, -0.15) is 0 Å². The van der Waals surface area contributed by atoms with Crippen LogP contribution in [0.15, 0.2) is 59.6 Å². The van der Waals surface area contributed by atoms with E-state index in [1.165, 1.54) is 0 Å². The smallest absolute Gasteiger partial charge is 0.248 e. The quantitative estimate of drug-likeness (QED) is 0.942. The lowest BCUT2D eigenvalue weighted by atomic mass is 10.2. The third-order valence-corrected chi connectivity index (χ3v) is 3.26. The molecule has 1 heterocycles. The lowest BCUT2D eigenvalue weighted by Gasteiger charge is -2.07. The minimum atomic E-state index is -0.487. The highest BCUT2D eigenvalue weighted by Crippen LogP contribution is 2.23. The number of likely N-dealkylation sites (N-methyl/N-ethyl adjacent to an activating group) is 1. The number of hydrogen-bond donors (Lipinski definition) is 1. The molecule has 0 aromatic heterocycles. The molecule has 0 spiro atoms. The molecule has 22 heavy (non-hydrogen) atoms. The summed E-state index contributed by atoms with van der Waals surface area (Å²) in [7, 11) is 1.59. The van der Waals surface area contributed by atoms with E-state index in [-0.39, 0.29) is 12.5 Å². The average Bonchev–Trinajstić information content (AvgIpc) is 3.05. The van der Waals surface area contributed by atoms with Crippen molar-refractivity contribution >= 4 is 11.8 Å². The van der Waals surface area contributed by atoms with Gasteiger partial charge in [0.15, 0.2) is 6.04 Å². The summed E-state index contributed by atoms with van der Waals surface area (Å²) in [6.45, 7) is 0.263. The summed E-state index contributed by atoms with van der Waals surface area (Å²) in [5.74, 6) is 1.77. The van der Waals surface area contributed by atoms with Gasteiger partial charge in [0, 0.05) is 12.6 Å². The molecule has 5 nitrogen and oxygen atoms in total. The van der Waals surface area contributed by atoms with Crippen LogP contribution in [0.4, 0.5) is 0 Å². The molecule has 1 aliphatic rings. The fourth-order valence-electron chi connectivity index (χ4n) is 2.15. The summed E-state index contributed by atoms with van der Waals surface area (Å²) < 4.78 is 11.3. The van der Waals surface area contributed by atoms with Gasteiger partial charge < -0.3 is 14.8 Å². The van der Waals surface area contributed by atoms with Crippen molar-refractivity contribution < 1.29 is 14.3 Å². The predicted molar refractivity (Wildman–Crippen MR) is 83.3 cm³/mol. The van der Waals surface area contributed by atoms with E-state index in [2.05, 4.69) is 10.3 Å². The second-order valence-corrected chi connectivity index (χ2v) is 4.82. The third kappa shape index (κ3) is 3.09. The molecule has 0 fully saturated rings. The molecular weight excluding hydrogens is 280 g/mol. The highest BCUT2D eigenvalue weighted by Gasteiger charge is 2.25. The fourth-order valence-corrected chi connectivity index (χ4v) is 2.15. The minimum absolute atomic E-state index is 0.147. The van der Waals surface area contributed by atoms with Gasteiger partial charge in [-0.15, -0.1) is 0 Å². The van der Waals surface area contributed by atoms with Crippen molar-refractivity contribution in [2.24, 2.45) is 4.99 Å². The molecule has 112 valence electrons. The molecule has 1 N–H and O–H groups in total. The molecule has 0 saturated carbocycles. The number of benzene rings is 2. The van der Waals surface area contributed by atoms with Crippen LogP contribution in [0.2, 0.25) is 0 Å². The number of carbonyl (C=O) groups excluding carboxylic acids is 1. The average molecular weight is 296 g/mol. The zero-order chi connectivity index (χ0) is 15.4. The second-order valence-electron chi connectivity index (χ2n) is 4.82. The number of rotatable bonds is 4. The molecule has 0 unspecified atom stereocenters. The van der Waals surface area contributed by atoms with E-state index in [0.717, 1.165) is 11.3 Å². The Morgan fingerprint density at radius 3 is 2.73 bits per heavy atom. The molecule has 1 aliphatic heterocycles. The Labute approximate surface area is 128 Å². The van der Waals surface area contributed by atoms with Crippen molar-refractivity contribution in [2.75, 3.05) is 13.7 Å². The molecule has 0 aliphatic carbocycles. The Bertz CT molecular complexity index is 698. The van der Waals surface area contributed by atoms with Crippen LogP contribution in [-0.4, -0.2) is 31.5 Å². The fraction of sp³-hybridized carbons (Fsp3) is 0.176. The lowest BCUT2D eigenvalue weighted by Crippen LogP contribution is -2.31. The number of carbonyl (C=O) groups is 1. The summed E-state index contributed by atoms with van der Waals surface area (Å²) in [6.07, 6.45) is 0. The number of ether oxygens (including phenoxy) is 2. The summed E-state index contributed by atoms with van der Waals surface area (Å²) in [6, 6.07) is 16.5. The highest BCUT2D eigenvalue weighted by molar-refractivity contribution is 5.98. The van der Waals surface area contributed by atoms with Crippen molar-refractivity contribution in [1.29, 1.82) is 0 Å². The zero-order valence-electron chi connectivity index (χ0n) is 12.2. The zero-order valence-corrected chi connectivity index (χ0v) is 12.2. The highest BCUT2D eigenvalue weighted by atomic mass is 16.5.